The molecule has 3 aromatic rings. The summed E-state index contributed by atoms with van der Waals surface area (Å²) in [7, 11) is 0. The van der Waals surface area contributed by atoms with Crippen molar-refractivity contribution in [3.05, 3.63) is 99.6 Å². The third kappa shape index (κ3) is 5.47. The summed E-state index contributed by atoms with van der Waals surface area (Å²) in [6.45, 7) is 1.31. The van der Waals surface area contributed by atoms with Crippen LogP contribution < -0.4 is 5.32 Å². The van der Waals surface area contributed by atoms with Gasteiger partial charge in [0.25, 0.3) is 11.5 Å². The van der Waals surface area contributed by atoms with Crippen molar-refractivity contribution < 1.29 is 49.1 Å². The van der Waals surface area contributed by atoms with Gasteiger partial charge in [-0.1, -0.05) is 11.2 Å². The van der Waals surface area contributed by atoms with E-state index in [2.05, 4.69) is 15.5 Å². The maximum atomic E-state index is 14.1. The average molecular weight is 575 g/mol. The van der Waals surface area contributed by atoms with Gasteiger partial charge in [-0.25, -0.2) is 13.2 Å². The summed E-state index contributed by atoms with van der Waals surface area (Å²) in [4.78, 5) is 21.0. The number of halogens is 9. The van der Waals surface area contributed by atoms with E-state index < -0.39 is 58.9 Å². The molecule has 14 heteroatoms. The van der Waals surface area contributed by atoms with Crippen molar-refractivity contribution in [3.63, 3.8) is 0 Å². The van der Waals surface area contributed by atoms with Crippen LogP contribution in [-0.2, 0) is 23.0 Å². The number of carbonyl (C=O) groups excluding carboxylic acids is 1. The third-order valence-corrected chi connectivity index (χ3v) is 6.33. The molecule has 1 aliphatic heterocycles. The topological polar surface area (TPSA) is 63.6 Å². The van der Waals surface area contributed by atoms with Crippen LogP contribution in [0.4, 0.5) is 39.5 Å². The predicted octanol–water partition coefficient (Wildman–Crippen LogP) is 6.38. The zero-order chi connectivity index (χ0) is 29.5. The van der Waals surface area contributed by atoms with E-state index in [1.165, 1.54) is 25.1 Å². The second kappa shape index (κ2) is 10.5. The maximum absolute atomic E-state index is 14.1. The summed E-state index contributed by atoms with van der Waals surface area (Å²) in [5.74, 6) is -6.25. The molecule has 1 N–H and O–H groups in total. The molecule has 4 rings (SSSR count). The smallest absolute Gasteiger partial charge is 0.374 e. The minimum atomic E-state index is -5.20. The first-order valence-electron chi connectivity index (χ1n) is 11.5. The largest absolute Gasteiger partial charge is 0.435 e. The molecule has 5 nitrogen and oxygen atoms in total. The number of carbonyl (C=O) groups is 1. The number of nitrogens with zero attached hydrogens (tertiary/aromatic N) is 2. The average Bonchev–Trinajstić information content (AvgIpc) is 3.34. The number of hydrogen-bond donors (Lipinski definition) is 1. The van der Waals surface area contributed by atoms with E-state index in [-0.39, 0.29) is 47.5 Å². The minimum absolute atomic E-state index is 0.0928. The van der Waals surface area contributed by atoms with Crippen LogP contribution in [0.15, 0.2) is 53.9 Å². The molecule has 0 radical (unpaired) electrons. The van der Waals surface area contributed by atoms with Crippen molar-refractivity contribution in [3.8, 4) is 0 Å². The quantitative estimate of drug-likeness (QED) is 0.274. The Balaban J connectivity index is 1.50. The number of oxime groups is 1. The van der Waals surface area contributed by atoms with Crippen LogP contribution in [0.3, 0.4) is 0 Å². The zero-order valence-electron chi connectivity index (χ0n) is 20.4. The van der Waals surface area contributed by atoms with E-state index in [1.54, 1.807) is 0 Å². The van der Waals surface area contributed by atoms with Gasteiger partial charge in [-0.05, 0) is 60.4 Å². The highest BCUT2D eigenvalue weighted by atomic mass is 19.4. The molecule has 2 aromatic carbocycles. The van der Waals surface area contributed by atoms with Crippen LogP contribution >= 0.6 is 0 Å². The summed E-state index contributed by atoms with van der Waals surface area (Å²) >= 11 is 0. The van der Waals surface area contributed by atoms with Crippen molar-refractivity contribution in [1.82, 2.24) is 10.3 Å². The molecular weight excluding hydrogens is 557 g/mol. The number of aromatic nitrogens is 1. The van der Waals surface area contributed by atoms with Crippen molar-refractivity contribution in [2.75, 3.05) is 6.54 Å². The van der Waals surface area contributed by atoms with E-state index in [1.807, 2.05) is 0 Å². The fraction of sp³-hybridized carbons (Fsp3) is 0.269. The number of aryl methyl sites for hydroxylation is 1. The van der Waals surface area contributed by atoms with E-state index in [9.17, 15) is 44.3 Å². The van der Waals surface area contributed by atoms with Gasteiger partial charge in [0.05, 0.1) is 11.3 Å². The number of nitrogens with one attached hydrogen (secondary N) is 1. The van der Waals surface area contributed by atoms with Gasteiger partial charge in [0, 0.05) is 36.5 Å². The molecule has 0 saturated heterocycles. The van der Waals surface area contributed by atoms with Gasteiger partial charge in [-0.2, -0.15) is 26.3 Å². The number of alkyl halides is 6. The third-order valence-electron chi connectivity index (χ3n) is 6.33. The van der Waals surface area contributed by atoms with Gasteiger partial charge in [-0.15, -0.1) is 0 Å². The molecule has 40 heavy (non-hydrogen) atoms. The van der Waals surface area contributed by atoms with E-state index in [0.29, 0.717) is 5.56 Å². The Morgan fingerprint density at radius 1 is 1.02 bits per heavy atom. The molecule has 0 spiro atoms. The van der Waals surface area contributed by atoms with Crippen molar-refractivity contribution in [2.45, 2.75) is 37.7 Å². The van der Waals surface area contributed by atoms with Crippen molar-refractivity contribution >= 4 is 11.6 Å². The number of pyridine rings is 1. The predicted molar refractivity (Wildman–Crippen MR) is 123 cm³/mol. The molecule has 1 unspecified atom stereocenters. The molecule has 2 heterocycles. The Kier molecular flexibility index (Phi) is 7.56. The second-order valence-corrected chi connectivity index (χ2v) is 8.95. The van der Waals surface area contributed by atoms with Gasteiger partial charge < -0.3 is 10.2 Å². The summed E-state index contributed by atoms with van der Waals surface area (Å²) in [6, 6.07) is 5.08. The lowest BCUT2D eigenvalue weighted by atomic mass is 9.86. The van der Waals surface area contributed by atoms with Crippen LogP contribution in [0, 0.1) is 24.4 Å². The number of hydrogen-bond acceptors (Lipinski definition) is 4. The Morgan fingerprint density at radius 2 is 1.70 bits per heavy atom. The SMILES string of the molecule is Cc1cc(C2=NOC(c3cc(F)c(F)c(F)c3)(C(F)(F)F)C2)ccc1C(=O)NCCc1cnccc1C(F)(F)F. The molecule has 1 atom stereocenters. The fourth-order valence-corrected chi connectivity index (χ4v) is 4.25. The summed E-state index contributed by atoms with van der Waals surface area (Å²) in [5.41, 5.74) is -5.07. The number of benzene rings is 2. The van der Waals surface area contributed by atoms with Gasteiger partial charge in [0.15, 0.2) is 17.5 Å². The van der Waals surface area contributed by atoms with Crippen molar-refractivity contribution in [1.29, 1.82) is 0 Å². The molecule has 0 saturated carbocycles. The Labute approximate surface area is 220 Å². The molecule has 1 aliphatic rings. The first-order valence-corrected chi connectivity index (χ1v) is 11.5. The molecule has 1 aromatic heterocycles. The Hall–Kier alpha value is -4.10. The fourth-order valence-electron chi connectivity index (χ4n) is 4.25. The van der Waals surface area contributed by atoms with E-state index in [4.69, 9.17) is 4.84 Å². The first kappa shape index (κ1) is 28.9. The van der Waals surface area contributed by atoms with Gasteiger partial charge >= 0.3 is 12.4 Å². The highest BCUT2D eigenvalue weighted by Crippen LogP contribution is 2.49. The number of rotatable bonds is 6. The molecular formula is C26H18F9N3O2. The molecule has 0 aliphatic carbocycles. The Bertz CT molecular complexity index is 1460. The van der Waals surface area contributed by atoms with Crippen LogP contribution in [0.2, 0.25) is 0 Å². The van der Waals surface area contributed by atoms with Gasteiger partial charge in [0.1, 0.15) is 0 Å². The van der Waals surface area contributed by atoms with E-state index >= 15 is 0 Å². The van der Waals surface area contributed by atoms with E-state index in [0.717, 1.165) is 18.5 Å². The highest BCUT2D eigenvalue weighted by Gasteiger charge is 2.62. The summed E-state index contributed by atoms with van der Waals surface area (Å²) < 4.78 is 122. The van der Waals surface area contributed by atoms with Gasteiger partial charge in [-0.3, -0.25) is 9.78 Å². The molecule has 0 fully saturated rings. The first-order chi connectivity index (χ1) is 18.6. The molecule has 212 valence electrons. The normalized spacial score (nSPS) is 17.4. The highest BCUT2D eigenvalue weighted by molar-refractivity contribution is 6.03. The second-order valence-electron chi connectivity index (χ2n) is 8.95. The van der Waals surface area contributed by atoms with Crippen LogP contribution in [0.5, 0.6) is 0 Å². The van der Waals surface area contributed by atoms with Crippen molar-refractivity contribution in [2.24, 2.45) is 5.16 Å². The lowest BCUT2D eigenvalue weighted by Gasteiger charge is -2.29. The lowest BCUT2D eigenvalue weighted by Crippen LogP contribution is -2.43. The van der Waals surface area contributed by atoms with Crippen LogP contribution in [-0.4, -0.2) is 29.3 Å². The van der Waals surface area contributed by atoms with Gasteiger partial charge in [0.2, 0.25) is 0 Å². The monoisotopic (exact) mass is 575 g/mol. The standard InChI is InChI=1S/C26H18F9N3O2/c1-13-8-14(2-3-17(13)23(39)37-7-4-15-12-36-6-5-18(15)25(30,31)32)21-11-24(40-38-21,26(33,34)35)16-9-19(27)22(29)20(28)10-16/h2-3,5-6,8-10,12H,4,7,11H2,1H3,(H,37,39). The molecule has 0 bridgehead atoms. The lowest BCUT2D eigenvalue weighted by molar-refractivity contribution is -0.276. The number of amides is 1. The minimum Gasteiger partial charge on any atom is -0.374 e. The van der Waals surface area contributed by atoms with Crippen LogP contribution in [0.25, 0.3) is 0 Å². The van der Waals surface area contributed by atoms with Crippen LogP contribution in [0.1, 0.15) is 44.6 Å². The summed E-state index contributed by atoms with van der Waals surface area (Å²) in [6.07, 6.45) is -8.91. The maximum Gasteiger partial charge on any atom is 0.435 e. The summed E-state index contributed by atoms with van der Waals surface area (Å²) in [5, 5.41) is 5.96. The molecule has 1 amide bonds. The zero-order valence-corrected chi connectivity index (χ0v) is 20.4. The Morgan fingerprint density at radius 3 is 2.30 bits per heavy atom.